The van der Waals surface area contributed by atoms with Gasteiger partial charge in [-0.15, -0.1) is 11.3 Å². The second-order valence-electron chi connectivity index (χ2n) is 13.2. The fourth-order valence-electron chi connectivity index (χ4n) is 7.51. The van der Waals surface area contributed by atoms with E-state index in [9.17, 15) is 0 Å². The van der Waals surface area contributed by atoms with E-state index in [1.54, 1.807) is 11.3 Å². The topological polar surface area (TPSA) is 51.8 Å². The normalized spacial score (nSPS) is 11.8. The van der Waals surface area contributed by atoms with Crippen LogP contribution in [0.5, 0.6) is 0 Å². The predicted molar refractivity (Wildman–Crippen MR) is 217 cm³/mol. The van der Waals surface area contributed by atoms with Crippen molar-refractivity contribution in [2.45, 2.75) is 0 Å². The zero-order valence-electron chi connectivity index (χ0n) is 27.7. The van der Waals surface area contributed by atoms with E-state index in [-0.39, 0.29) is 0 Å². The molecule has 0 amide bonds. The van der Waals surface area contributed by atoms with Crippen molar-refractivity contribution in [2.24, 2.45) is 0 Å². The summed E-state index contributed by atoms with van der Waals surface area (Å²) in [6.45, 7) is 0. The summed E-state index contributed by atoms with van der Waals surface area (Å²) in [7, 11) is 0. The first-order chi connectivity index (χ1) is 25.7. The van der Waals surface area contributed by atoms with Crippen molar-refractivity contribution in [2.75, 3.05) is 0 Å². The van der Waals surface area contributed by atoms with Crippen LogP contribution in [0.15, 0.2) is 168 Å². The lowest BCUT2D eigenvalue weighted by Crippen LogP contribution is -2.01. The Morgan fingerprint density at radius 2 is 0.942 bits per heavy atom. The van der Waals surface area contributed by atoms with E-state index in [0.29, 0.717) is 17.5 Å². The Balaban J connectivity index is 1.19. The van der Waals surface area contributed by atoms with Crippen molar-refractivity contribution in [3.8, 4) is 45.3 Å². The number of para-hydroxylation sites is 1. The summed E-state index contributed by atoms with van der Waals surface area (Å²) >= 11 is 1.79. The SMILES string of the molecule is c1ccc2cc(-c3cc(-c4nc(-c5ccc6ccccc6c5)nc(-c5ccc6c(c5)sc5ccccc56)n4)c4c(c3)oc3ccccc34)ccc2c1. The van der Waals surface area contributed by atoms with Gasteiger partial charge in [-0.05, 0) is 75.1 Å². The number of nitrogens with zero attached hydrogens (tertiary/aromatic N) is 3. The number of fused-ring (bicyclic) bond motifs is 8. The molecule has 0 radical (unpaired) electrons. The zero-order valence-corrected chi connectivity index (χ0v) is 28.6. The van der Waals surface area contributed by atoms with Crippen LogP contribution in [0.3, 0.4) is 0 Å². The van der Waals surface area contributed by atoms with E-state index < -0.39 is 0 Å². The molecule has 0 aliphatic rings. The van der Waals surface area contributed by atoms with E-state index in [0.717, 1.165) is 55.1 Å². The number of thiophene rings is 1. The Hall–Kier alpha value is -6.69. The molecule has 11 aromatic rings. The standard InChI is InChI=1S/C47H27N3OS/c1-3-11-30-23-32(19-17-28(30)9-1)35-25-39(44-38-14-5-7-15-40(38)51-41(44)26-35)47-49-45(33-20-18-29-10-2-4-12-31(29)24-33)48-46(50-47)34-21-22-37-36-13-6-8-16-42(36)52-43(37)27-34/h1-27H. The molecule has 0 spiro atoms. The number of rotatable bonds is 4. The molecule has 5 heteroatoms. The monoisotopic (exact) mass is 681 g/mol. The minimum absolute atomic E-state index is 0.601. The second-order valence-corrected chi connectivity index (χ2v) is 14.3. The van der Waals surface area contributed by atoms with Crippen molar-refractivity contribution < 1.29 is 4.42 Å². The minimum atomic E-state index is 0.601. The lowest BCUT2D eigenvalue weighted by Gasteiger charge is -2.12. The van der Waals surface area contributed by atoms with Crippen molar-refractivity contribution in [1.29, 1.82) is 0 Å². The molecule has 0 bridgehead atoms. The number of furan rings is 1. The molecule has 3 heterocycles. The highest BCUT2D eigenvalue weighted by Crippen LogP contribution is 2.41. The summed E-state index contributed by atoms with van der Waals surface area (Å²) in [4.78, 5) is 15.7. The number of hydrogen-bond donors (Lipinski definition) is 0. The molecule has 242 valence electrons. The van der Waals surface area contributed by atoms with E-state index in [4.69, 9.17) is 19.4 Å². The van der Waals surface area contributed by atoms with Crippen LogP contribution in [0.4, 0.5) is 0 Å². The molecule has 0 atom stereocenters. The number of hydrogen-bond acceptors (Lipinski definition) is 5. The Bertz CT molecular complexity index is 3210. The van der Waals surface area contributed by atoms with Crippen molar-refractivity contribution in [1.82, 2.24) is 15.0 Å². The molecular weight excluding hydrogens is 655 g/mol. The van der Waals surface area contributed by atoms with Gasteiger partial charge in [-0.3, -0.25) is 0 Å². The lowest BCUT2D eigenvalue weighted by molar-refractivity contribution is 0.669. The van der Waals surface area contributed by atoms with Gasteiger partial charge in [0.2, 0.25) is 0 Å². The first kappa shape index (κ1) is 29.1. The van der Waals surface area contributed by atoms with Gasteiger partial charge >= 0.3 is 0 Å². The van der Waals surface area contributed by atoms with E-state index in [1.165, 1.54) is 36.3 Å². The highest BCUT2D eigenvalue weighted by atomic mass is 32.1. The fraction of sp³-hybridized carbons (Fsp3) is 0. The smallest absolute Gasteiger partial charge is 0.164 e. The first-order valence-corrected chi connectivity index (χ1v) is 18.2. The molecule has 0 aliphatic heterocycles. The quantitative estimate of drug-likeness (QED) is 0.185. The molecule has 8 aromatic carbocycles. The van der Waals surface area contributed by atoms with Gasteiger partial charge in [0.05, 0.1) is 0 Å². The molecule has 0 fully saturated rings. The van der Waals surface area contributed by atoms with Gasteiger partial charge < -0.3 is 4.42 Å². The van der Waals surface area contributed by atoms with Crippen LogP contribution in [0.25, 0.3) is 109 Å². The van der Waals surface area contributed by atoms with Gasteiger partial charge in [-0.25, -0.2) is 15.0 Å². The Morgan fingerprint density at radius 1 is 0.365 bits per heavy atom. The van der Waals surface area contributed by atoms with Gasteiger partial charge in [0.25, 0.3) is 0 Å². The highest BCUT2D eigenvalue weighted by Gasteiger charge is 2.20. The third-order valence-corrected chi connectivity index (χ3v) is 11.2. The van der Waals surface area contributed by atoms with E-state index in [1.807, 2.05) is 12.1 Å². The van der Waals surface area contributed by atoms with Crippen LogP contribution in [0.1, 0.15) is 0 Å². The zero-order chi connectivity index (χ0) is 34.2. The van der Waals surface area contributed by atoms with Gasteiger partial charge in [0.15, 0.2) is 17.5 Å². The van der Waals surface area contributed by atoms with Crippen molar-refractivity contribution in [3.05, 3.63) is 164 Å². The molecule has 3 aromatic heterocycles. The molecule has 0 aliphatic carbocycles. The number of benzene rings is 8. The Kier molecular flexibility index (Phi) is 6.39. The van der Waals surface area contributed by atoms with Crippen molar-refractivity contribution in [3.63, 3.8) is 0 Å². The summed E-state index contributed by atoms with van der Waals surface area (Å²) in [5.41, 5.74) is 6.54. The Labute approximate surface area is 302 Å². The third-order valence-electron chi connectivity index (χ3n) is 10.1. The molecule has 11 rings (SSSR count). The van der Waals surface area contributed by atoms with Gasteiger partial charge in [-0.1, -0.05) is 121 Å². The van der Waals surface area contributed by atoms with Gasteiger partial charge in [0, 0.05) is 47.6 Å². The van der Waals surface area contributed by atoms with Gasteiger partial charge in [-0.2, -0.15) is 0 Å². The molecule has 4 nitrogen and oxygen atoms in total. The maximum Gasteiger partial charge on any atom is 0.164 e. The highest BCUT2D eigenvalue weighted by molar-refractivity contribution is 7.25. The maximum absolute atomic E-state index is 6.55. The van der Waals surface area contributed by atoms with Crippen molar-refractivity contribution >= 4 is 75.0 Å². The van der Waals surface area contributed by atoms with Crippen LogP contribution < -0.4 is 0 Å². The largest absolute Gasteiger partial charge is 0.456 e. The average molecular weight is 682 g/mol. The molecule has 0 saturated heterocycles. The van der Waals surface area contributed by atoms with Gasteiger partial charge in [0.1, 0.15) is 11.2 Å². The summed E-state index contributed by atoms with van der Waals surface area (Å²) in [5.74, 6) is 1.85. The molecular formula is C47H27N3OS. The number of aromatic nitrogens is 3. The van der Waals surface area contributed by atoms with Crippen LogP contribution in [-0.4, -0.2) is 15.0 Å². The Morgan fingerprint density at radius 3 is 1.73 bits per heavy atom. The average Bonchev–Trinajstić information content (AvgIpc) is 3.78. The van der Waals surface area contributed by atoms with E-state index >= 15 is 0 Å². The van der Waals surface area contributed by atoms with Crippen LogP contribution >= 0.6 is 11.3 Å². The maximum atomic E-state index is 6.55. The molecule has 52 heavy (non-hydrogen) atoms. The first-order valence-electron chi connectivity index (χ1n) is 17.3. The summed E-state index contributed by atoms with van der Waals surface area (Å²) in [6, 6.07) is 57.5. The predicted octanol–water partition coefficient (Wildman–Crippen LogP) is 13.1. The van der Waals surface area contributed by atoms with Crippen LogP contribution in [-0.2, 0) is 0 Å². The van der Waals surface area contributed by atoms with E-state index in [2.05, 4.69) is 152 Å². The molecule has 0 N–H and O–H groups in total. The molecule has 0 unspecified atom stereocenters. The second kappa shape index (κ2) is 11.4. The minimum Gasteiger partial charge on any atom is -0.456 e. The summed E-state index contributed by atoms with van der Waals surface area (Å²) in [6.07, 6.45) is 0. The third kappa shape index (κ3) is 4.71. The fourth-order valence-corrected chi connectivity index (χ4v) is 8.66. The van der Waals surface area contributed by atoms with Crippen LogP contribution in [0.2, 0.25) is 0 Å². The van der Waals surface area contributed by atoms with Crippen LogP contribution in [0, 0.1) is 0 Å². The molecule has 0 saturated carbocycles. The summed E-state index contributed by atoms with van der Waals surface area (Å²) < 4.78 is 9.02. The summed E-state index contributed by atoms with van der Waals surface area (Å²) in [5, 5.41) is 9.21. The lowest BCUT2D eigenvalue weighted by atomic mass is 9.96.